The number of hydrogen-bond acceptors (Lipinski definition) is 3. The van der Waals surface area contributed by atoms with Gasteiger partial charge < -0.3 is 14.8 Å². The number of benzene rings is 1. The van der Waals surface area contributed by atoms with E-state index < -0.39 is 0 Å². The van der Waals surface area contributed by atoms with Gasteiger partial charge in [-0.05, 0) is 31.4 Å². The van der Waals surface area contributed by atoms with Crippen LogP contribution >= 0.6 is 23.2 Å². The molecule has 1 saturated carbocycles. The smallest absolute Gasteiger partial charge is 0.142 e. The van der Waals surface area contributed by atoms with Crippen molar-refractivity contribution >= 4 is 23.2 Å². The van der Waals surface area contributed by atoms with Gasteiger partial charge in [-0.3, -0.25) is 0 Å². The van der Waals surface area contributed by atoms with Crippen molar-refractivity contribution in [2.45, 2.75) is 37.3 Å². The molecule has 0 bridgehead atoms. The van der Waals surface area contributed by atoms with Crippen molar-refractivity contribution in [3.8, 4) is 5.75 Å². The summed E-state index contributed by atoms with van der Waals surface area (Å²) in [6.45, 7) is 1.53. The number of nitrogens with one attached hydrogen (secondary N) is 1. The van der Waals surface area contributed by atoms with E-state index in [1.807, 2.05) is 6.07 Å². The van der Waals surface area contributed by atoms with E-state index in [4.69, 9.17) is 32.7 Å². The molecule has 1 aromatic carbocycles. The Kier molecular flexibility index (Phi) is 4.14. The molecular formula is C15H19Cl2NO2. The molecular weight excluding hydrogens is 297 g/mol. The topological polar surface area (TPSA) is 30.5 Å². The Morgan fingerprint density at radius 2 is 2.20 bits per heavy atom. The lowest BCUT2D eigenvalue weighted by atomic mass is 9.79. The molecule has 0 radical (unpaired) electrons. The normalized spacial score (nSPS) is 23.6. The highest BCUT2D eigenvalue weighted by Crippen LogP contribution is 2.41. The molecule has 3 nitrogen and oxygen atoms in total. The summed E-state index contributed by atoms with van der Waals surface area (Å²) in [5.41, 5.74) is 1.07. The summed E-state index contributed by atoms with van der Waals surface area (Å²) in [4.78, 5) is 0. The van der Waals surface area contributed by atoms with Crippen molar-refractivity contribution in [2.24, 2.45) is 0 Å². The van der Waals surface area contributed by atoms with Crippen LogP contribution in [0.5, 0.6) is 5.75 Å². The molecule has 110 valence electrons. The molecule has 0 saturated heterocycles. The molecule has 2 aliphatic rings. The first-order valence-electron chi connectivity index (χ1n) is 7.04. The van der Waals surface area contributed by atoms with E-state index in [2.05, 4.69) is 5.32 Å². The van der Waals surface area contributed by atoms with Gasteiger partial charge in [-0.1, -0.05) is 23.2 Å². The fourth-order valence-electron chi connectivity index (χ4n) is 2.97. The Morgan fingerprint density at radius 1 is 1.40 bits per heavy atom. The van der Waals surface area contributed by atoms with Gasteiger partial charge in [0.25, 0.3) is 0 Å². The molecule has 1 aliphatic heterocycles. The summed E-state index contributed by atoms with van der Waals surface area (Å²) >= 11 is 12.3. The van der Waals surface area contributed by atoms with E-state index in [1.54, 1.807) is 13.2 Å². The van der Waals surface area contributed by atoms with Crippen LogP contribution in [0.3, 0.4) is 0 Å². The monoisotopic (exact) mass is 315 g/mol. The lowest BCUT2D eigenvalue weighted by Crippen LogP contribution is -2.49. The van der Waals surface area contributed by atoms with Gasteiger partial charge in [0.2, 0.25) is 0 Å². The quantitative estimate of drug-likeness (QED) is 0.911. The number of ether oxygens (including phenoxy) is 2. The third-order valence-corrected chi connectivity index (χ3v) is 4.93. The molecule has 1 aliphatic carbocycles. The van der Waals surface area contributed by atoms with Gasteiger partial charge in [0, 0.05) is 36.7 Å². The zero-order valence-electron chi connectivity index (χ0n) is 11.5. The number of methoxy groups -OCH3 is 1. The van der Waals surface area contributed by atoms with Gasteiger partial charge in [0.05, 0.1) is 17.2 Å². The van der Waals surface area contributed by atoms with Crippen molar-refractivity contribution in [2.75, 3.05) is 20.3 Å². The number of hydrogen-bond donors (Lipinski definition) is 1. The third-order valence-electron chi connectivity index (χ3n) is 4.43. The molecule has 1 heterocycles. The zero-order valence-corrected chi connectivity index (χ0v) is 13.1. The summed E-state index contributed by atoms with van der Waals surface area (Å²) < 4.78 is 11.3. The molecule has 1 N–H and O–H groups in total. The average Bonchev–Trinajstić information content (AvgIpc) is 2.38. The fraction of sp³-hybridized carbons (Fsp3) is 0.600. The Balaban J connectivity index is 1.76. The maximum Gasteiger partial charge on any atom is 0.142 e. The second-order valence-electron chi connectivity index (χ2n) is 5.62. The van der Waals surface area contributed by atoms with E-state index in [9.17, 15) is 0 Å². The van der Waals surface area contributed by atoms with E-state index in [0.717, 1.165) is 37.1 Å². The van der Waals surface area contributed by atoms with E-state index in [-0.39, 0.29) is 11.6 Å². The van der Waals surface area contributed by atoms with Crippen LogP contribution in [-0.2, 0) is 4.74 Å². The van der Waals surface area contributed by atoms with Crippen LogP contribution in [0.1, 0.15) is 37.3 Å². The first kappa shape index (κ1) is 14.5. The highest BCUT2D eigenvalue weighted by Gasteiger charge is 2.37. The van der Waals surface area contributed by atoms with Gasteiger partial charge in [-0.15, -0.1) is 0 Å². The van der Waals surface area contributed by atoms with E-state index in [1.165, 1.54) is 6.42 Å². The number of fused-ring (bicyclic) bond motifs is 1. The van der Waals surface area contributed by atoms with Crippen LogP contribution in [0, 0.1) is 0 Å². The van der Waals surface area contributed by atoms with Crippen molar-refractivity contribution in [3.63, 3.8) is 0 Å². The summed E-state index contributed by atoms with van der Waals surface area (Å²) in [5.74, 6) is 0.764. The van der Waals surface area contributed by atoms with E-state index in [0.29, 0.717) is 16.7 Å². The predicted octanol–water partition coefficient (Wildman–Crippen LogP) is 3.98. The average molecular weight is 316 g/mol. The zero-order chi connectivity index (χ0) is 14.2. The minimum Gasteiger partial charge on any atom is -0.492 e. The predicted molar refractivity (Wildman–Crippen MR) is 80.9 cm³/mol. The van der Waals surface area contributed by atoms with Crippen LogP contribution in [0.15, 0.2) is 12.1 Å². The lowest BCUT2D eigenvalue weighted by molar-refractivity contribution is -0.0714. The van der Waals surface area contributed by atoms with Gasteiger partial charge in [-0.25, -0.2) is 0 Å². The first-order valence-corrected chi connectivity index (χ1v) is 7.79. The van der Waals surface area contributed by atoms with E-state index >= 15 is 0 Å². The molecule has 0 aromatic heterocycles. The van der Waals surface area contributed by atoms with Crippen LogP contribution < -0.4 is 10.1 Å². The standard InChI is InChI=1S/C15H19Cl2NO2/c1-19-15(4-2-5-15)9-18-13-3-6-20-14-11(13)7-10(16)8-12(14)17/h7-8,13,18H,2-6,9H2,1H3. The minimum absolute atomic E-state index is 0.0147. The molecule has 0 amide bonds. The first-order chi connectivity index (χ1) is 9.63. The van der Waals surface area contributed by atoms with Crippen LogP contribution in [0.4, 0.5) is 0 Å². The van der Waals surface area contributed by atoms with Gasteiger partial charge >= 0.3 is 0 Å². The number of rotatable bonds is 4. The maximum atomic E-state index is 6.21. The summed E-state index contributed by atoms with van der Waals surface area (Å²) in [5, 5.41) is 4.84. The highest BCUT2D eigenvalue weighted by molar-refractivity contribution is 6.35. The van der Waals surface area contributed by atoms with Gasteiger partial charge in [-0.2, -0.15) is 0 Å². The fourth-order valence-corrected chi connectivity index (χ4v) is 3.53. The van der Waals surface area contributed by atoms with Crippen molar-refractivity contribution in [1.82, 2.24) is 5.32 Å². The minimum atomic E-state index is 0.0147. The SMILES string of the molecule is COC1(CNC2CCOc3c(Cl)cc(Cl)cc32)CCC1. The molecule has 1 unspecified atom stereocenters. The maximum absolute atomic E-state index is 6.21. The van der Waals surface area contributed by atoms with Gasteiger partial charge in [0.15, 0.2) is 0 Å². The molecule has 1 fully saturated rings. The molecule has 1 atom stereocenters. The Morgan fingerprint density at radius 3 is 2.85 bits per heavy atom. The lowest BCUT2D eigenvalue weighted by Gasteiger charge is -2.42. The molecule has 0 spiro atoms. The molecule has 5 heteroatoms. The Hall–Kier alpha value is -0.480. The summed E-state index contributed by atoms with van der Waals surface area (Å²) in [7, 11) is 1.80. The third kappa shape index (κ3) is 2.64. The van der Waals surface area contributed by atoms with Crippen molar-refractivity contribution in [1.29, 1.82) is 0 Å². The molecule has 20 heavy (non-hydrogen) atoms. The summed E-state index contributed by atoms with van der Waals surface area (Å²) in [6.07, 6.45) is 4.42. The number of halogens is 2. The van der Waals surface area contributed by atoms with Crippen molar-refractivity contribution in [3.05, 3.63) is 27.7 Å². The van der Waals surface area contributed by atoms with Gasteiger partial charge in [0.1, 0.15) is 5.75 Å². The highest BCUT2D eigenvalue weighted by atomic mass is 35.5. The van der Waals surface area contributed by atoms with Crippen LogP contribution in [0.25, 0.3) is 0 Å². The van der Waals surface area contributed by atoms with Crippen molar-refractivity contribution < 1.29 is 9.47 Å². The van der Waals surface area contributed by atoms with Crippen LogP contribution in [-0.4, -0.2) is 25.9 Å². The Labute approximate surface area is 129 Å². The Bertz CT molecular complexity index is 497. The largest absolute Gasteiger partial charge is 0.492 e. The summed E-state index contributed by atoms with van der Waals surface area (Å²) in [6, 6.07) is 3.90. The second-order valence-corrected chi connectivity index (χ2v) is 6.46. The molecule has 1 aromatic rings. The second kappa shape index (κ2) is 5.72. The molecule has 3 rings (SSSR count). The van der Waals surface area contributed by atoms with Crippen LogP contribution in [0.2, 0.25) is 10.0 Å².